The molecule has 0 saturated carbocycles. The number of nitrogens with zero attached hydrogens (tertiary/aromatic N) is 3. The molecule has 0 aliphatic carbocycles. The molecule has 0 bridgehead atoms. The number of phenols is 1. The minimum atomic E-state index is -0.323. The van der Waals surface area contributed by atoms with E-state index in [2.05, 4.69) is 52.7 Å². The van der Waals surface area contributed by atoms with Crippen LogP contribution in [0.5, 0.6) is 11.5 Å². The Bertz CT molecular complexity index is 815. The summed E-state index contributed by atoms with van der Waals surface area (Å²) in [7, 11) is 1.24. The number of phenolic OH excluding ortho intramolecular Hbond substituents is 1. The zero-order valence-electron chi connectivity index (χ0n) is 18.9. The summed E-state index contributed by atoms with van der Waals surface area (Å²) in [6.45, 7) is 10.9. The van der Waals surface area contributed by atoms with Crippen LogP contribution in [-0.4, -0.2) is 53.5 Å². The van der Waals surface area contributed by atoms with Crippen LogP contribution < -0.4 is 19.8 Å². The Morgan fingerprint density at radius 3 is 2.40 bits per heavy atom. The third-order valence-corrected chi connectivity index (χ3v) is 7.78. The second-order valence-electron chi connectivity index (χ2n) is 8.68. The molecule has 7 nitrogen and oxygen atoms in total. The van der Waals surface area contributed by atoms with E-state index in [0.717, 1.165) is 35.7 Å². The second-order valence-corrected chi connectivity index (χ2v) is 10.5. The van der Waals surface area contributed by atoms with Crippen LogP contribution in [0.15, 0.2) is 18.5 Å². The summed E-state index contributed by atoms with van der Waals surface area (Å²) in [5, 5.41) is 18.4. The predicted molar refractivity (Wildman–Crippen MR) is 126 cm³/mol. The molecule has 2 aromatic rings. The summed E-state index contributed by atoms with van der Waals surface area (Å²) < 4.78 is 5.29. The first-order valence-electron chi connectivity index (χ1n) is 10.9. The van der Waals surface area contributed by atoms with Gasteiger partial charge in [-0.3, -0.25) is 10.2 Å². The van der Waals surface area contributed by atoms with Crippen molar-refractivity contribution in [1.29, 1.82) is 0 Å². The first-order valence-corrected chi connectivity index (χ1v) is 12.5. The molecular weight excluding hydrogens is 397 g/mol. The van der Waals surface area contributed by atoms with E-state index in [9.17, 15) is 5.11 Å². The highest BCUT2D eigenvalue weighted by Gasteiger charge is 2.23. The first kappa shape index (κ1) is 23.0. The van der Waals surface area contributed by atoms with E-state index in [0.29, 0.717) is 17.8 Å². The largest absolute Gasteiger partial charge is 0.504 e. The van der Waals surface area contributed by atoms with Crippen LogP contribution in [0, 0.1) is 5.92 Å². The van der Waals surface area contributed by atoms with Crippen molar-refractivity contribution in [3.8, 4) is 11.5 Å². The lowest BCUT2D eigenvalue weighted by Crippen LogP contribution is -2.35. The number of rotatable bonds is 9. The minimum absolute atomic E-state index is 0.106. The van der Waals surface area contributed by atoms with Crippen molar-refractivity contribution in [3.63, 3.8) is 0 Å². The number of hydrogen-bond donors (Lipinski definition) is 3. The normalized spacial score (nSPS) is 15.7. The van der Waals surface area contributed by atoms with Crippen molar-refractivity contribution in [3.05, 3.63) is 18.5 Å². The number of aromatic nitrogens is 2. The molecule has 0 spiro atoms. The molecule has 1 fully saturated rings. The Morgan fingerprint density at radius 1 is 1.13 bits per heavy atom. The van der Waals surface area contributed by atoms with Crippen LogP contribution in [0.25, 0.3) is 10.9 Å². The van der Waals surface area contributed by atoms with Crippen molar-refractivity contribution in [2.45, 2.75) is 59.0 Å². The second kappa shape index (κ2) is 10.6. The van der Waals surface area contributed by atoms with E-state index in [1.165, 1.54) is 25.4 Å². The zero-order valence-corrected chi connectivity index (χ0v) is 19.7. The van der Waals surface area contributed by atoms with E-state index in [-0.39, 0.29) is 14.0 Å². The molecule has 0 atom stereocenters. The molecule has 3 N–H and O–H groups in total. The monoisotopic (exact) mass is 433 g/mol. The summed E-state index contributed by atoms with van der Waals surface area (Å²) in [5.74, 6) is 2.25. The Labute approximate surface area is 181 Å². The summed E-state index contributed by atoms with van der Waals surface area (Å²) in [6.07, 6.45) is 6.40. The van der Waals surface area contributed by atoms with Gasteiger partial charge in [0.05, 0.1) is 12.6 Å². The van der Waals surface area contributed by atoms with E-state index >= 15 is 0 Å². The molecule has 0 unspecified atom stereocenters. The van der Waals surface area contributed by atoms with E-state index < -0.39 is 0 Å². The number of anilines is 1. The fourth-order valence-corrected chi connectivity index (χ4v) is 6.21. The zero-order chi connectivity index (χ0) is 21.7. The third kappa shape index (κ3) is 5.93. The minimum Gasteiger partial charge on any atom is -0.504 e. The van der Waals surface area contributed by atoms with Crippen molar-refractivity contribution in [2.24, 2.45) is 5.92 Å². The molecule has 166 valence electrons. The van der Waals surface area contributed by atoms with Crippen LogP contribution in [0.4, 0.5) is 5.82 Å². The Kier molecular flexibility index (Phi) is 8.09. The van der Waals surface area contributed by atoms with Crippen LogP contribution in [0.3, 0.4) is 0 Å². The number of benzene rings is 1. The molecule has 1 aromatic heterocycles. The molecule has 2 heterocycles. The summed E-state index contributed by atoms with van der Waals surface area (Å²) >= 11 is 0. The van der Waals surface area contributed by atoms with Gasteiger partial charge in [0.15, 0.2) is 11.5 Å². The maximum Gasteiger partial charge on any atom is 0.161 e. The van der Waals surface area contributed by atoms with Gasteiger partial charge in [0.1, 0.15) is 12.1 Å². The molecule has 1 saturated heterocycles. The van der Waals surface area contributed by atoms with Crippen molar-refractivity contribution < 1.29 is 9.84 Å². The number of aromatic hydroxyl groups is 1. The number of ether oxygens (including phenoxy) is 1. The molecule has 3 rings (SSSR count). The SMILES string of the molecule is COc1cc2c(N3CCC(CCP(NC(C)C)NC(C)C)CC3)ncnc2cc1O. The van der Waals surface area contributed by atoms with Gasteiger partial charge in [-0.15, -0.1) is 0 Å². The number of nitrogens with one attached hydrogen (secondary N) is 2. The molecular formula is C22H36N5O2P. The van der Waals surface area contributed by atoms with Crippen LogP contribution >= 0.6 is 8.22 Å². The Balaban J connectivity index is 1.61. The van der Waals surface area contributed by atoms with Gasteiger partial charge in [0.2, 0.25) is 0 Å². The number of methoxy groups -OCH3 is 1. The lowest BCUT2D eigenvalue weighted by Gasteiger charge is -2.34. The summed E-state index contributed by atoms with van der Waals surface area (Å²) in [6, 6.07) is 4.50. The average Bonchev–Trinajstić information content (AvgIpc) is 2.70. The van der Waals surface area contributed by atoms with Crippen molar-refractivity contribution in [2.75, 3.05) is 31.3 Å². The lowest BCUT2D eigenvalue weighted by atomic mass is 9.94. The summed E-state index contributed by atoms with van der Waals surface area (Å²) in [5.41, 5.74) is 0.741. The molecule has 0 amide bonds. The van der Waals surface area contributed by atoms with Crippen molar-refractivity contribution >= 4 is 24.9 Å². The van der Waals surface area contributed by atoms with Crippen LogP contribution in [0.2, 0.25) is 0 Å². The molecule has 1 aliphatic rings. The highest BCUT2D eigenvalue weighted by Crippen LogP contribution is 2.36. The average molecular weight is 434 g/mol. The van der Waals surface area contributed by atoms with E-state index in [1.807, 2.05) is 6.07 Å². The van der Waals surface area contributed by atoms with Crippen LogP contribution in [-0.2, 0) is 0 Å². The van der Waals surface area contributed by atoms with Crippen LogP contribution in [0.1, 0.15) is 47.0 Å². The summed E-state index contributed by atoms with van der Waals surface area (Å²) in [4.78, 5) is 11.2. The quantitative estimate of drug-likeness (QED) is 0.510. The molecule has 0 radical (unpaired) electrons. The van der Waals surface area contributed by atoms with E-state index in [1.54, 1.807) is 19.5 Å². The highest BCUT2D eigenvalue weighted by atomic mass is 31.1. The number of fused-ring (bicyclic) bond motifs is 1. The standard InChI is InChI=1S/C22H36N5O2P/c1-15(2)25-30(26-16(3)4)11-8-17-6-9-27(10-7-17)22-18-12-21(29-5)20(28)13-19(18)23-14-24-22/h12-17,25-26,28H,6-11H2,1-5H3. The van der Waals surface area contributed by atoms with Gasteiger partial charge in [-0.25, -0.2) is 9.97 Å². The smallest absolute Gasteiger partial charge is 0.161 e. The van der Waals surface area contributed by atoms with Gasteiger partial charge in [0.25, 0.3) is 0 Å². The molecule has 1 aliphatic heterocycles. The van der Waals surface area contributed by atoms with Gasteiger partial charge >= 0.3 is 0 Å². The third-order valence-electron chi connectivity index (χ3n) is 5.42. The predicted octanol–water partition coefficient (Wildman–Crippen LogP) is 4.26. The topological polar surface area (TPSA) is 82.5 Å². The molecule has 30 heavy (non-hydrogen) atoms. The highest BCUT2D eigenvalue weighted by molar-refractivity contribution is 7.53. The Morgan fingerprint density at radius 2 is 1.80 bits per heavy atom. The number of piperidine rings is 1. The maximum atomic E-state index is 10.0. The molecule has 1 aromatic carbocycles. The van der Waals surface area contributed by atoms with Crippen molar-refractivity contribution in [1.82, 2.24) is 20.1 Å². The fraction of sp³-hybridized carbons (Fsp3) is 0.636. The van der Waals surface area contributed by atoms with Gasteiger partial charge in [-0.1, -0.05) is 0 Å². The lowest BCUT2D eigenvalue weighted by molar-refractivity contribution is 0.374. The first-order chi connectivity index (χ1) is 14.4. The maximum absolute atomic E-state index is 10.0. The van der Waals surface area contributed by atoms with Gasteiger partial charge < -0.3 is 14.7 Å². The van der Waals surface area contributed by atoms with Gasteiger partial charge in [0, 0.05) is 44.8 Å². The van der Waals surface area contributed by atoms with E-state index in [4.69, 9.17) is 4.74 Å². The van der Waals surface area contributed by atoms with Gasteiger partial charge in [-0.2, -0.15) is 0 Å². The molecule has 8 heteroatoms. The number of hydrogen-bond acceptors (Lipinski definition) is 7. The van der Waals surface area contributed by atoms with Gasteiger partial charge in [-0.05, 0) is 65.1 Å². The fourth-order valence-electron chi connectivity index (χ4n) is 4.01. The Hall–Kier alpha value is -1.69.